The number of halogens is 1. The molecule has 2 N–H and O–H groups in total. The lowest BCUT2D eigenvalue weighted by Gasteiger charge is -2.04. The number of carbonyl (C=O) groups is 1. The lowest BCUT2D eigenvalue weighted by atomic mass is 10.1. The molecule has 108 valence electrons. The monoisotopic (exact) mass is 302 g/mol. The Bertz CT molecular complexity index is 711. The molecule has 0 aliphatic rings. The molecule has 0 heterocycles. The summed E-state index contributed by atoms with van der Waals surface area (Å²) >= 11 is 6.01. The fraction of sp³-hybridized carbons (Fsp3) is 0.125. The number of carbonyl (C=O) groups excluding carboxylic acids is 1. The summed E-state index contributed by atoms with van der Waals surface area (Å²) in [5, 5.41) is 13.9. The zero-order valence-corrected chi connectivity index (χ0v) is 12.5. The van der Waals surface area contributed by atoms with E-state index in [1.807, 2.05) is 19.9 Å². The van der Waals surface area contributed by atoms with Crippen molar-refractivity contribution in [2.24, 2.45) is 5.10 Å². The number of hydrogen-bond acceptors (Lipinski definition) is 3. The molecule has 0 aliphatic carbocycles. The van der Waals surface area contributed by atoms with Gasteiger partial charge in [-0.25, -0.2) is 5.43 Å². The molecule has 0 bridgehead atoms. The van der Waals surface area contributed by atoms with Crippen LogP contribution in [0.1, 0.15) is 27.0 Å². The topological polar surface area (TPSA) is 61.7 Å². The normalized spacial score (nSPS) is 10.8. The van der Waals surface area contributed by atoms with Gasteiger partial charge in [0.1, 0.15) is 5.75 Å². The fourth-order valence-electron chi connectivity index (χ4n) is 1.79. The Labute approximate surface area is 128 Å². The highest BCUT2D eigenvalue weighted by molar-refractivity contribution is 6.33. The Morgan fingerprint density at radius 2 is 1.86 bits per heavy atom. The molecule has 5 heteroatoms. The zero-order chi connectivity index (χ0) is 15.4. The van der Waals surface area contributed by atoms with Crippen molar-refractivity contribution >= 4 is 23.7 Å². The van der Waals surface area contributed by atoms with Gasteiger partial charge in [0.2, 0.25) is 0 Å². The Kier molecular flexibility index (Phi) is 4.60. The van der Waals surface area contributed by atoms with Crippen LogP contribution in [0, 0.1) is 13.8 Å². The van der Waals surface area contributed by atoms with E-state index in [0.717, 1.165) is 11.1 Å². The van der Waals surface area contributed by atoms with E-state index < -0.39 is 5.91 Å². The zero-order valence-electron chi connectivity index (χ0n) is 11.7. The predicted molar refractivity (Wildman–Crippen MR) is 84.1 cm³/mol. The van der Waals surface area contributed by atoms with Crippen LogP contribution in [-0.4, -0.2) is 17.2 Å². The van der Waals surface area contributed by atoms with Crippen LogP contribution in [-0.2, 0) is 0 Å². The highest BCUT2D eigenvalue weighted by atomic mass is 35.5. The molecular weight excluding hydrogens is 288 g/mol. The average Bonchev–Trinajstić information content (AvgIpc) is 2.41. The summed E-state index contributed by atoms with van der Waals surface area (Å²) in [5.41, 5.74) is 5.18. The summed E-state index contributed by atoms with van der Waals surface area (Å²) in [7, 11) is 0. The number of amides is 1. The molecule has 21 heavy (non-hydrogen) atoms. The van der Waals surface area contributed by atoms with E-state index >= 15 is 0 Å². The largest absolute Gasteiger partial charge is 0.507 e. The Balaban J connectivity index is 2.08. The van der Waals surface area contributed by atoms with Gasteiger partial charge in [0.15, 0.2) is 0 Å². The maximum Gasteiger partial charge on any atom is 0.272 e. The number of hydrogen-bond donors (Lipinski definition) is 2. The summed E-state index contributed by atoms with van der Waals surface area (Å²) in [6.45, 7) is 3.77. The molecule has 2 aromatic rings. The second kappa shape index (κ2) is 6.41. The van der Waals surface area contributed by atoms with Gasteiger partial charge in [-0.1, -0.05) is 23.7 Å². The molecule has 0 radical (unpaired) electrons. The highest BCUT2D eigenvalue weighted by Gasteiger charge is 2.09. The van der Waals surface area contributed by atoms with Gasteiger partial charge in [0, 0.05) is 5.56 Å². The Morgan fingerprint density at radius 3 is 2.52 bits per heavy atom. The molecule has 2 rings (SSSR count). The minimum absolute atomic E-state index is 0.112. The van der Waals surface area contributed by atoms with Crippen LogP contribution in [0.3, 0.4) is 0 Å². The average molecular weight is 303 g/mol. The molecule has 2 aromatic carbocycles. The van der Waals surface area contributed by atoms with Gasteiger partial charge in [-0.2, -0.15) is 5.10 Å². The maximum absolute atomic E-state index is 11.9. The van der Waals surface area contributed by atoms with Crippen molar-refractivity contribution in [1.82, 2.24) is 5.43 Å². The molecule has 0 saturated carbocycles. The number of hydrazone groups is 1. The summed E-state index contributed by atoms with van der Waals surface area (Å²) in [6.07, 6.45) is 1.38. The number of phenols is 1. The van der Waals surface area contributed by atoms with Crippen LogP contribution in [0.15, 0.2) is 41.5 Å². The van der Waals surface area contributed by atoms with Crippen molar-refractivity contribution in [1.29, 1.82) is 0 Å². The lowest BCUT2D eigenvalue weighted by Crippen LogP contribution is -2.18. The van der Waals surface area contributed by atoms with Gasteiger partial charge < -0.3 is 5.11 Å². The van der Waals surface area contributed by atoms with Crippen LogP contribution >= 0.6 is 11.6 Å². The van der Waals surface area contributed by atoms with Crippen molar-refractivity contribution < 1.29 is 9.90 Å². The number of aryl methyl sites for hydroxylation is 2. The molecule has 0 saturated heterocycles. The van der Waals surface area contributed by atoms with Crippen LogP contribution in [0.2, 0.25) is 5.02 Å². The van der Waals surface area contributed by atoms with E-state index in [4.69, 9.17) is 11.6 Å². The molecule has 0 spiro atoms. The van der Waals surface area contributed by atoms with Crippen molar-refractivity contribution in [2.45, 2.75) is 13.8 Å². The molecule has 0 atom stereocenters. The third kappa shape index (κ3) is 3.83. The van der Waals surface area contributed by atoms with Crippen LogP contribution in [0.4, 0.5) is 0 Å². The number of aromatic hydroxyl groups is 1. The van der Waals surface area contributed by atoms with Gasteiger partial charge in [-0.15, -0.1) is 0 Å². The molecule has 0 aliphatic heterocycles. The van der Waals surface area contributed by atoms with E-state index in [-0.39, 0.29) is 5.75 Å². The van der Waals surface area contributed by atoms with Crippen LogP contribution in [0.5, 0.6) is 5.75 Å². The number of phenolic OH excluding ortho intramolecular Hbond substituents is 1. The smallest absolute Gasteiger partial charge is 0.272 e. The van der Waals surface area contributed by atoms with Crippen molar-refractivity contribution in [3.05, 3.63) is 63.7 Å². The van der Waals surface area contributed by atoms with Crippen LogP contribution < -0.4 is 5.43 Å². The predicted octanol–water partition coefficient (Wildman–Crippen LogP) is 3.43. The summed E-state index contributed by atoms with van der Waals surface area (Å²) in [6, 6.07) is 10.4. The Morgan fingerprint density at radius 1 is 1.19 bits per heavy atom. The highest BCUT2D eigenvalue weighted by Crippen LogP contribution is 2.18. The molecule has 0 aromatic heterocycles. The minimum Gasteiger partial charge on any atom is -0.507 e. The van der Waals surface area contributed by atoms with Gasteiger partial charge >= 0.3 is 0 Å². The van der Waals surface area contributed by atoms with Gasteiger partial charge in [0.25, 0.3) is 5.91 Å². The van der Waals surface area contributed by atoms with Crippen LogP contribution in [0.25, 0.3) is 0 Å². The first kappa shape index (κ1) is 15.1. The van der Waals surface area contributed by atoms with Gasteiger partial charge in [-0.05, 0) is 49.2 Å². The number of nitrogens with zero attached hydrogens (tertiary/aromatic N) is 1. The summed E-state index contributed by atoms with van der Waals surface area (Å²) in [4.78, 5) is 11.9. The Hall–Kier alpha value is -2.33. The number of rotatable bonds is 3. The second-order valence-corrected chi connectivity index (χ2v) is 5.15. The lowest BCUT2D eigenvalue weighted by molar-refractivity contribution is 0.0955. The maximum atomic E-state index is 11.9. The van der Waals surface area contributed by atoms with E-state index in [9.17, 15) is 9.90 Å². The number of benzene rings is 2. The number of nitrogens with one attached hydrogen (secondary N) is 1. The fourth-order valence-corrected chi connectivity index (χ4v) is 2.11. The van der Waals surface area contributed by atoms with E-state index in [1.165, 1.54) is 6.21 Å². The van der Waals surface area contributed by atoms with E-state index in [0.29, 0.717) is 16.1 Å². The van der Waals surface area contributed by atoms with Gasteiger partial charge in [-0.3, -0.25) is 4.79 Å². The first-order chi connectivity index (χ1) is 9.97. The molecule has 1 amide bonds. The van der Waals surface area contributed by atoms with E-state index in [1.54, 1.807) is 30.3 Å². The third-order valence-corrected chi connectivity index (χ3v) is 3.24. The standard InChI is InChI=1S/C16H15ClN2O2/c1-10-4-6-13(14(17)7-10)16(21)19-18-9-12-5-3-11(2)8-15(12)20/h3-9,20H,1-2H3,(H,19,21)/b18-9-. The molecule has 0 unspecified atom stereocenters. The van der Waals surface area contributed by atoms with E-state index in [2.05, 4.69) is 10.5 Å². The molecule has 4 nitrogen and oxygen atoms in total. The summed E-state index contributed by atoms with van der Waals surface area (Å²) < 4.78 is 0. The first-order valence-electron chi connectivity index (χ1n) is 6.36. The van der Waals surface area contributed by atoms with Crippen molar-refractivity contribution in [2.75, 3.05) is 0 Å². The molecule has 0 fully saturated rings. The van der Waals surface area contributed by atoms with Crippen molar-refractivity contribution in [3.8, 4) is 5.75 Å². The summed E-state index contributed by atoms with van der Waals surface area (Å²) in [5.74, 6) is -0.288. The second-order valence-electron chi connectivity index (χ2n) is 4.74. The molecular formula is C16H15ClN2O2. The SMILES string of the molecule is Cc1ccc(/C=N\NC(=O)c2ccc(C)cc2Cl)c(O)c1. The quantitative estimate of drug-likeness (QED) is 0.674. The first-order valence-corrected chi connectivity index (χ1v) is 6.74. The van der Waals surface area contributed by atoms with Crippen molar-refractivity contribution in [3.63, 3.8) is 0 Å². The third-order valence-electron chi connectivity index (χ3n) is 2.92. The van der Waals surface area contributed by atoms with Gasteiger partial charge in [0.05, 0.1) is 16.8 Å². The minimum atomic E-state index is -0.400.